The number of anilines is 1. The van der Waals surface area contributed by atoms with Crippen LogP contribution in [0.5, 0.6) is 0 Å². The third kappa shape index (κ3) is 5.07. The number of nitrogens with zero attached hydrogens (tertiary/aromatic N) is 1. The third-order valence-corrected chi connectivity index (χ3v) is 2.95. The smallest absolute Gasteiger partial charge is 0.269 e. The zero-order valence-corrected chi connectivity index (χ0v) is 11.4. The molecule has 0 bridgehead atoms. The number of hydrogen-bond acceptors (Lipinski definition) is 3. The number of nitro groups is 1. The number of carbonyl (C=O) groups is 1. The Balaban J connectivity index is 2.52. The van der Waals surface area contributed by atoms with Gasteiger partial charge in [-0.1, -0.05) is 26.2 Å². The molecular formula is C14H20N2O3. The van der Waals surface area contributed by atoms with Crippen LogP contribution in [0.3, 0.4) is 0 Å². The van der Waals surface area contributed by atoms with E-state index in [9.17, 15) is 14.9 Å². The zero-order chi connectivity index (χ0) is 14.3. The van der Waals surface area contributed by atoms with Crippen molar-refractivity contribution in [1.29, 1.82) is 0 Å². The van der Waals surface area contributed by atoms with Gasteiger partial charge in [0, 0.05) is 24.2 Å². The lowest BCUT2D eigenvalue weighted by molar-refractivity contribution is -0.384. The fraction of sp³-hybridized carbons (Fsp3) is 0.500. The van der Waals surface area contributed by atoms with E-state index in [1.165, 1.54) is 12.1 Å². The highest BCUT2D eigenvalue weighted by molar-refractivity contribution is 5.91. The summed E-state index contributed by atoms with van der Waals surface area (Å²) in [6.07, 6.45) is 4.72. The molecule has 0 fully saturated rings. The minimum absolute atomic E-state index is 0.0342. The number of non-ortho nitro benzene ring substituents is 1. The van der Waals surface area contributed by atoms with Crippen LogP contribution in [0.15, 0.2) is 18.2 Å². The first kappa shape index (κ1) is 15.1. The molecule has 19 heavy (non-hydrogen) atoms. The Morgan fingerprint density at radius 2 is 2.05 bits per heavy atom. The number of benzene rings is 1. The van der Waals surface area contributed by atoms with Gasteiger partial charge in [-0.05, 0) is 25.0 Å². The number of unbranched alkanes of at least 4 members (excludes halogenated alkanes) is 3. The summed E-state index contributed by atoms with van der Waals surface area (Å²) in [5.41, 5.74) is 1.39. The summed E-state index contributed by atoms with van der Waals surface area (Å²) >= 11 is 0. The number of amides is 1. The van der Waals surface area contributed by atoms with E-state index in [-0.39, 0.29) is 11.6 Å². The van der Waals surface area contributed by atoms with Crippen LogP contribution < -0.4 is 5.32 Å². The first-order valence-electron chi connectivity index (χ1n) is 6.59. The van der Waals surface area contributed by atoms with E-state index in [0.29, 0.717) is 17.7 Å². The second-order valence-corrected chi connectivity index (χ2v) is 4.62. The molecule has 1 aromatic rings. The second kappa shape index (κ2) is 7.51. The van der Waals surface area contributed by atoms with Gasteiger partial charge in [-0.2, -0.15) is 0 Å². The molecule has 0 atom stereocenters. The summed E-state index contributed by atoms with van der Waals surface area (Å²) < 4.78 is 0. The van der Waals surface area contributed by atoms with Crippen LogP contribution in [0.2, 0.25) is 0 Å². The molecule has 1 rings (SSSR count). The van der Waals surface area contributed by atoms with Crippen molar-refractivity contribution in [2.75, 3.05) is 5.32 Å². The molecule has 0 aliphatic carbocycles. The Kier molecular flexibility index (Phi) is 5.99. The molecule has 0 heterocycles. The standard InChI is InChI=1S/C14H20N2O3/c1-3-4-5-6-7-14(17)15-13-9-8-12(16(18)19)10-11(13)2/h8-10H,3-7H2,1-2H3,(H,15,17). The summed E-state index contributed by atoms with van der Waals surface area (Å²) in [4.78, 5) is 21.9. The van der Waals surface area contributed by atoms with Crippen LogP contribution in [0.25, 0.3) is 0 Å². The lowest BCUT2D eigenvalue weighted by atomic mass is 10.1. The van der Waals surface area contributed by atoms with Crippen molar-refractivity contribution in [2.24, 2.45) is 0 Å². The largest absolute Gasteiger partial charge is 0.326 e. The Morgan fingerprint density at radius 1 is 1.32 bits per heavy atom. The van der Waals surface area contributed by atoms with Gasteiger partial charge in [0.2, 0.25) is 5.91 Å². The molecule has 0 saturated carbocycles. The number of hydrogen-bond donors (Lipinski definition) is 1. The molecule has 1 aromatic carbocycles. The third-order valence-electron chi connectivity index (χ3n) is 2.95. The number of nitro benzene ring substituents is 1. The van der Waals surface area contributed by atoms with Crippen LogP contribution >= 0.6 is 0 Å². The van der Waals surface area contributed by atoms with E-state index in [4.69, 9.17) is 0 Å². The lowest BCUT2D eigenvalue weighted by Gasteiger charge is -2.08. The van der Waals surface area contributed by atoms with Crippen molar-refractivity contribution in [3.8, 4) is 0 Å². The van der Waals surface area contributed by atoms with Gasteiger partial charge in [0.1, 0.15) is 0 Å². The van der Waals surface area contributed by atoms with Crippen LogP contribution in [0.1, 0.15) is 44.6 Å². The maximum Gasteiger partial charge on any atom is 0.269 e. The van der Waals surface area contributed by atoms with Crippen LogP contribution in [0, 0.1) is 17.0 Å². The molecule has 104 valence electrons. The lowest BCUT2D eigenvalue weighted by Crippen LogP contribution is -2.12. The minimum Gasteiger partial charge on any atom is -0.326 e. The Bertz CT molecular complexity index is 458. The first-order chi connectivity index (χ1) is 9.04. The van der Waals surface area contributed by atoms with Gasteiger partial charge in [-0.25, -0.2) is 0 Å². The maximum absolute atomic E-state index is 11.7. The molecule has 0 radical (unpaired) electrons. The molecule has 1 amide bonds. The van der Waals surface area contributed by atoms with E-state index < -0.39 is 4.92 Å². The molecule has 0 aliphatic heterocycles. The van der Waals surface area contributed by atoms with E-state index in [2.05, 4.69) is 12.2 Å². The monoisotopic (exact) mass is 264 g/mol. The van der Waals surface area contributed by atoms with Crippen molar-refractivity contribution in [1.82, 2.24) is 0 Å². The van der Waals surface area contributed by atoms with Crippen molar-refractivity contribution in [3.05, 3.63) is 33.9 Å². The number of carbonyl (C=O) groups excluding carboxylic acids is 1. The van der Waals surface area contributed by atoms with E-state index in [1.54, 1.807) is 13.0 Å². The molecular weight excluding hydrogens is 244 g/mol. The molecule has 1 N–H and O–H groups in total. The van der Waals surface area contributed by atoms with E-state index >= 15 is 0 Å². The van der Waals surface area contributed by atoms with E-state index in [0.717, 1.165) is 25.7 Å². The molecule has 0 spiro atoms. The van der Waals surface area contributed by atoms with Crippen molar-refractivity contribution < 1.29 is 9.72 Å². The first-order valence-corrected chi connectivity index (χ1v) is 6.59. The van der Waals surface area contributed by atoms with Gasteiger partial charge in [0.25, 0.3) is 5.69 Å². The second-order valence-electron chi connectivity index (χ2n) is 4.62. The Hall–Kier alpha value is -1.91. The van der Waals surface area contributed by atoms with Gasteiger partial charge >= 0.3 is 0 Å². The Labute approximate surface area is 113 Å². The maximum atomic E-state index is 11.7. The number of aryl methyl sites for hydroxylation is 1. The molecule has 0 saturated heterocycles. The molecule has 0 aliphatic rings. The van der Waals surface area contributed by atoms with Crippen LogP contribution in [0.4, 0.5) is 11.4 Å². The van der Waals surface area contributed by atoms with Gasteiger partial charge < -0.3 is 5.32 Å². The highest BCUT2D eigenvalue weighted by Gasteiger charge is 2.09. The van der Waals surface area contributed by atoms with Crippen LogP contribution in [-0.4, -0.2) is 10.8 Å². The predicted molar refractivity (Wildman–Crippen MR) is 75.2 cm³/mol. The fourth-order valence-corrected chi connectivity index (χ4v) is 1.83. The summed E-state index contributed by atoms with van der Waals surface area (Å²) in [6.45, 7) is 3.88. The van der Waals surface area contributed by atoms with Crippen molar-refractivity contribution >= 4 is 17.3 Å². The van der Waals surface area contributed by atoms with Crippen LogP contribution in [-0.2, 0) is 4.79 Å². The highest BCUT2D eigenvalue weighted by atomic mass is 16.6. The average molecular weight is 264 g/mol. The summed E-state index contributed by atoms with van der Waals surface area (Å²) in [7, 11) is 0. The van der Waals surface area contributed by atoms with Crippen molar-refractivity contribution in [3.63, 3.8) is 0 Å². The predicted octanol–water partition coefficient (Wildman–Crippen LogP) is 3.81. The molecule has 0 aromatic heterocycles. The van der Waals surface area contributed by atoms with Gasteiger partial charge in [0.05, 0.1) is 4.92 Å². The zero-order valence-electron chi connectivity index (χ0n) is 11.4. The van der Waals surface area contributed by atoms with Gasteiger partial charge in [0.15, 0.2) is 0 Å². The number of nitrogens with one attached hydrogen (secondary N) is 1. The Morgan fingerprint density at radius 3 is 2.63 bits per heavy atom. The fourth-order valence-electron chi connectivity index (χ4n) is 1.83. The summed E-state index contributed by atoms with van der Waals surface area (Å²) in [5.74, 6) is -0.0342. The SMILES string of the molecule is CCCCCCC(=O)Nc1ccc([N+](=O)[O-])cc1C. The topological polar surface area (TPSA) is 72.2 Å². The average Bonchev–Trinajstić information content (AvgIpc) is 2.37. The van der Waals surface area contributed by atoms with E-state index in [1.807, 2.05) is 0 Å². The molecule has 5 nitrogen and oxygen atoms in total. The van der Waals surface area contributed by atoms with Gasteiger partial charge in [-0.3, -0.25) is 14.9 Å². The molecule has 5 heteroatoms. The minimum atomic E-state index is -0.441. The van der Waals surface area contributed by atoms with Crippen molar-refractivity contribution in [2.45, 2.75) is 46.0 Å². The molecule has 0 unspecified atom stereocenters. The summed E-state index contributed by atoms with van der Waals surface area (Å²) in [5, 5.41) is 13.4. The number of rotatable bonds is 7. The summed E-state index contributed by atoms with van der Waals surface area (Å²) in [6, 6.07) is 4.45. The quantitative estimate of drug-likeness (QED) is 0.462. The highest BCUT2D eigenvalue weighted by Crippen LogP contribution is 2.21. The van der Waals surface area contributed by atoms with Gasteiger partial charge in [-0.15, -0.1) is 0 Å². The normalized spacial score (nSPS) is 10.2.